The second-order valence-electron chi connectivity index (χ2n) is 4.57. The topological polar surface area (TPSA) is 56.2 Å². The predicted molar refractivity (Wildman–Crippen MR) is 68.1 cm³/mol. The van der Waals surface area contributed by atoms with E-state index in [2.05, 4.69) is 14.9 Å². The van der Waals surface area contributed by atoms with Gasteiger partial charge in [0.2, 0.25) is 0 Å². The van der Waals surface area contributed by atoms with Crippen molar-refractivity contribution in [3.8, 4) is 0 Å². The Morgan fingerprint density at radius 2 is 2.56 bits per heavy atom. The van der Waals surface area contributed by atoms with E-state index >= 15 is 0 Å². The van der Waals surface area contributed by atoms with Gasteiger partial charge in [0.05, 0.1) is 18.6 Å². The van der Waals surface area contributed by atoms with E-state index in [0.717, 1.165) is 19.5 Å². The number of ether oxygens (including phenoxy) is 1. The highest BCUT2D eigenvalue weighted by Gasteiger charge is 2.19. The Morgan fingerprint density at radius 3 is 3.28 bits per heavy atom. The number of hydrogen-bond donors (Lipinski definition) is 1. The lowest BCUT2D eigenvalue weighted by molar-refractivity contribution is -0.143. The van der Waals surface area contributed by atoms with Crippen LogP contribution in [0.15, 0.2) is 12.5 Å². The Hall–Kier alpha value is -1.36. The Kier molecular flexibility index (Phi) is 4.75. The molecule has 1 atom stereocenters. The fraction of sp³-hybridized carbons (Fsp3) is 0.692. The molecule has 1 aliphatic heterocycles. The zero-order valence-electron chi connectivity index (χ0n) is 10.9. The fourth-order valence-electron chi connectivity index (χ4n) is 2.37. The zero-order valence-corrected chi connectivity index (χ0v) is 10.9. The summed E-state index contributed by atoms with van der Waals surface area (Å²) in [6.45, 7) is 4.20. The number of carbonyl (C=O) groups is 1. The SMILES string of the molecule is CCOC(=O)CCCn1cncc1[C@@H]1CCCN1. The van der Waals surface area contributed by atoms with Crippen LogP contribution in [0.1, 0.15) is 44.3 Å². The molecule has 1 aromatic rings. The minimum atomic E-state index is -0.113. The lowest BCUT2D eigenvalue weighted by Crippen LogP contribution is -2.17. The van der Waals surface area contributed by atoms with E-state index in [-0.39, 0.29) is 5.97 Å². The van der Waals surface area contributed by atoms with Gasteiger partial charge < -0.3 is 14.6 Å². The molecule has 2 heterocycles. The molecule has 1 aromatic heterocycles. The molecule has 0 spiro atoms. The minimum absolute atomic E-state index is 0.113. The summed E-state index contributed by atoms with van der Waals surface area (Å²) in [7, 11) is 0. The summed E-state index contributed by atoms with van der Waals surface area (Å²) in [5, 5.41) is 3.47. The maximum atomic E-state index is 11.3. The summed E-state index contributed by atoms with van der Waals surface area (Å²) in [4.78, 5) is 15.5. The highest BCUT2D eigenvalue weighted by Crippen LogP contribution is 2.22. The van der Waals surface area contributed by atoms with Gasteiger partial charge in [-0.25, -0.2) is 4.98 Å². The first-order valence-corrected chi connectivity index (χ1v) is 6.70. The van der Waals surface area contributed by atoms with Crippen molar-refractivity contribution in [2.45, 2.75) is 45.2 Å². The van der Waals surface area contributed by atoms with Crippen molar-refractivity contribution in [1.82, 2.24) is 14.9 Å². The Bertz CT molecular complexity index is 383. The Labute approximate surface area is 108 Å². The first-order chi connectivity index (χ1) is 8.81. The van der Waals surface area contributed by atoms with Gasteiger partial charge in [-0.2, -0.15) is 0 Å². The molecule has 1 fully saturated rings. The van der Waals surface area contributed by atoms with Crippen LogP contribution in [0.4, 0.5) is 0 Å². The smallest absolute Gasteiger partial charge is 0.305 e. The van der Waals surface area contributed by atoms with Crippen LogP contribution in [0.3, 0.4) is 0 Å². The monoisotopic (exact) mass is 251 g/mol. The third-order valence-electron chi connectivity index (χ3n) is 3.25. The van der Waals surface area contributed by atoms with Gasteiger partial charge in [-0.05, 0) is 32.7 Å². The number of rotatable bonds is 6. The Balaban J connectivity index is 1.82. The highest BCUT2D eigenvalue weighted by molar-refractivity contribution is 5.69. The predicted octanol–water partition coefficient (Wildman–Crippen LogP) is 1.65. The van der Waals surface area contributed by atoms with E-state index in [1.165, 1.54) is 18.5 Å². The number of carbonyl (C=O) groups excluding carboxylic acids is 1. The molecule has 2 rings (SSSR count). The number of nitrogens with one attached hydrogen (secondary N) is 1. The Morgan fingerprint density at radius 1 is 1.67 bits per heavy atom. The van der Waals surface area contributed by atoms with Crippen LogP contribution in [0.5, 0.6) is 0 Å². The number of hydrogen-bond acceptors (Lipinski definition) is 4. The van der Waals surface area contributed by atoms with Crippen molar-refractivity contribution in [3.63, 3.8) is 0 Å². The van der Waals surface area contributed by atoms with Crippen molar-refractivity contribution < 1.29 is 9.53 Å². The van der Waals surface area contributed by atoms with Gasteiger partial charge in [0.15, 0.2) is 0 Å². The van der Waals surface area contributed by atoms with Crippen molar-refractivity contribution in [1.29, 1.82) is 0 Å². The quantitative estimate of drug-likeness (QED) is 0.781. The molecule has 0 aliphatic carbocycles. The van der Waals surface area contributed by atoms with Crippen LogP contribution >= 0.6 is 0 Å². The van der Waals surface area contributed by atoms with Gasteiger partial charge in [0, 0.05) is 25.2 Å². The molecule has 1 saturated heterocycles. The van der Waals surface area contributed by atoms with Crippen molar-refractivity contribution in [2.75, 3.05) is 13.2 Å². The van der Waals surface area contributed by atoms with Crippen LogP contribution in [0.25, 0.3) is 0 Å². The van der Waals surface area contributed by atoms with Gasteiger partial charge >= 0.3 is 5.97 Å². The second-order valence-corrected chi connectivity index (χ2v) is 4.57. The lowest BCUT2D eigenvalue weighted by Gasteiger charge is -2.13. The van der Waals surface area contributed by atoms with E-state index in [9.17, 15) is 4.79 Å². The number of nitrogens with zero attached hydrogens (tertiary/aromatic N) is 2. The summed E-state index contributed by atoms with van der Waals surface area (Å²) in [6, 6.07) is 0.426. The zero-order chi connectivity index (χ0) is 12.8. The molecular formula is C13H21N3O2. The molecule has 0 amide bonds. The molecule has 0 saturated carbocycles. The first kappa shape index (κ1) is 13.1. The standard InChI is InChI=1S/C13H21N3O2/c1-2-18-13(17)6-4-8-16-10-14-9-12(16)11-5-3-7-15-11/h9-11,15H,2-8H2,1H3/t11-/m0/s1. The number of imidazole rings is 1. The van der Waals surface area contributed by atoms with Crippen LogP contribution in [0.2, 0.25) is 0 Å². The summed E-state index contributed by atoms with van der Waals surface area (Å²) in [6.07, 6.45) is 7.44. The molecule has 100 valence electrons. The van der Waals surface area contributed by atoms with E-state index in [1.54, 1.807) is 0 Å². The van der Waals surface area contributed by atoms with Crippen molar-refractivity contribution >= 4 is 5.97 Å². The maximum Gasteiger partial charge on any atom is 0.305 e. The fourth-order valence-corrected chi connectivity index (χ4v) is 2.37. The van der Waals surface area contributed by atoms with Crippen molar-refractivity contribution in [3.05, 3.63) is 18.2 Å². The van der Waals surface area contributed by atoms with Gasteiger partial charge in [-0.1, -0.05) is 0 Å². The number of esters is 1. The first-order valence-electron chi connectivity index (χ1n) is 6.70. The van der Waals surface area contributed by atoms with E-state index in [1.807, 2.05) is 19.4 Å². The summed E-state index contributed by atoms with van der Waals surface area (Å²) >= 11 is 0. The molecule has 1 aliphatic rings. The average molecular weight is 251 g/mol. The molecule has 0 bridgehead atoms. The van der Waals surface area contributed by atoms with E-state index in [0.29, 0.717) is 19.1 Å². The molecule has 18 heavy (non-hydrogen) atoms. The molecule has 5 nitrogen and oxygen atoms in total. The summed E-state index contributed by atoms with van der Waals surface area (Å²) in [5.74, 6) is -0.113. The second kappa shape index (κ2) is 6.54. The van der Waals surface area contributed by atoms with E-state index in [4.69, 9.17) is 4.74 Å². The molecule has 5 heteroatoms. The largest absolute Gasteiger partial charge is 0.466 e. The molecular weight excluding hydrogens is 230 g/mol. The van der Waals surface area contributed by atoms with Crippen molar-refractivity contribution in [2.24, 2.45) is 0 Å². The molecule has 0 radical (unpaired) electrons. The van der Waals surface area contributed by atoms with E-state index < -0.39 is 0 Å². The van der Waals surface area contributed by atoms with Crippen LogP contribution in [-0.4, -0.2) is 28.7 Å². The molecule has 1 N–H and O–H groups in total. The number of aromatic nitrogens is 2. The molecule has 0 aromatic carbocycles. The van der Waals surface area contributed by atoms with Crippen LogP contribution in [0, 0.1) is 0 Å². The number of aryl methyl sites for hydroxylation is 1. The van der Waals surface area contributed by atoms with Crippen LogP contribution < -0.4 is 5.32 Å². The normalized spacial score (nSPS) is 19.1. The van der Waals surface area contributed by atoms with Gasteiger partial charge in [-0.15, -0.1) is 0 Å². The van der Waals surface area contributed by atoms with Crippen LogP contribution in [-0.2, 0) is 16.1 Å². The summed E-state index contributed by atoms with van der Waals surface area (Å²) < 4.78 is 7.06. The summed E-state index contributed by atoms with van der Waals surface area (Å²) in [5.41, 5.74) is 1.23. The van der Waals surface area contributed by atoms with Gasteiger partial charge in [-0.3, -0.25) is 4.79 Å². The maximum absolute atomic E-state index is 11.3. The lowest BCUT2D eigenvalue weighted by atomic mass is 10.1. The third kappa shape index (κ3) is 3.32. The average Bonchev–Trinajstić information content (AvgIpc) is 2.98. The minimum Gasteiger partial charge on any atom is -0.466 e. The van der Waals surface area contributed by atoms with Gasteiger partial charge in [0.25, 0.3) is 0 Å². The third-order valence-corrected chi connectivity index (χ3v) is 3.25. The van der Waals surface area contributed by atoms with Gasteiger partial charge in [0.1, 0.15) is 0 Å². The molecule has 0 unspecified atom stereocenters. The highest BCUT2D eigenvalue weighted by atomic mass is 16.5.